The van der Waals surface area contributed by atoms with Crippen LogP contribution in [0.25, 0.3) is 0 Å². The molecule has 0 aliphatic carbocycles. The van der Waals surface area contributed by atoms with Gasteiger partial charge in [0, 0.05) is 6.42 Å². The minimum absolute atomic E-state index is 0.554. The van der Waals surface area contributed by atoms with Crippen LogP contribution in [-0.4, -0.2) is 4.99 Å². The maximum Gasteiger partial charge on any atom is 0.0765 e. The van der Waals surface area contributed by atoms with Gasteiger partial charge >= 0.3 is 0 Å². The minimum Gasteiger partial charge on any atom is -0.393 e. The molecule has 2 N–H and O–H groups in total. The monoisotopic (exact) mass is 115 g/mol. The van der Waals surface area contributed by atoms with Crippen LogP contribution < -0.4 is 5.73 Å². The Balaban J connectivity index is 3.14. The van der Waals surface area contributed by atoms with E-state index in [-0.39, 0.29) is 0 Å². The summed E-state index contributed by atoms with van der Waals surface area (Å²) >= 11 is 4.59. The van der Waals surface area contributed by atoms with Crippen LogP contribution in [0, 0.1) is 0 Å². The van der Waals surface area contributed by atoms with Crippen molar-refractivity contribution in [2.24, 2.45) is 5.73 Å². The van der Waals surface area contributed by atoms with Crippen LogP contribution >= 0.6 is 12.2 Å². The number of rotatable bonds is 2. The first kappa shape index (κ1) is 6.63. The van der Waals surface area contributed by atoms with E-state index in [0.717, 1.165) is 6.42 Å². The van der Waals surface area contributed by atoms with E-state index in [9.17, 15) is 0 Å². The van der Waals surface area contributed by atoms with Gasteiger partial charge in [-0.25, -0.2) is 0 Å². The molecule has 7 heavy (non-hydrogen) atoms. The first-order valence-corrected chi connectivity index (χ1v) is 2.57. The molecule has 0 aromatic rings. The largest absolute Gasteiger partial charge is 0.393 e. The van der Waals surface area contributed by atoms with Gasteiger partial charge in [-0.3, -0.25) is 0 Å². The predicted molar refractivity (Wildman–Crippen MR) is 36.2 cm³/mol. The van der Waals surface area contributed by atoms with Gasteiger partial charge in [0.1, 0.15) is 0 Å². The summed E-state index contributed by atoms with van der Waals surface area (Å²) in [4.78, 5) is 0.554. The molecule has 2 heteroatoms. The number of hydrogen-bond donors (Lipinski definition) is 1. The molecule has 0 fully saturated rings. The second kappa shape index (κ2) is 3.81. The fourth-order valence-corrected chi connectivity index (χ4v) is 0.330. The first-order valence-electron chi connectivity index (χ1n) is 2.17. The highest BCUT2D eigenvalue weighted by Crippen LogP contribution is 1.80. The smallest absolute Gasteiger partial charge is 0.0765 e. The Morgan fingerprint density at radius 2 is 2.43 bits per heavy atom. The van der Waals surface area contributed by atoms with Gasteiger partial charge in [0.25, 0.3) is 0 Å². The highest BCUT2D eigenvalue weighted by Gasteiger charge is 1.76. The molecule has 0 radical (unpaired) electrons. The zero-order valence-corrected chi connectivity index (χ0v) is 5.16. The van der Waals surface area contributed by atoms with Gasteiger partial charge in [0.2, 0.25) is 0 Å². The standard InChI is InChI=1S/C5H9NS/c1-2-3-4-5(6)7/h2-3H,4H2,1H3,(H2,6,7)/b3-2+. The average Bonchev–Trinajstić information content (AvgIpc) is 1.61. The first-order chi connectivity index (χ1) is 3.27. The molecule has 0 saturated heterocycles. The molecule has 0 heterocycles. The molecule has 0 saturated carbocycles. The van der Waals surface area contributed by atoms with E-state index < -0.39 is 0 Å². The van der Waals surface area contributed by atoms with E-state index in [1.807, 2.05) is 19.1 Å². The predicted octanol–water partition coefficient (Wildman–Crippen LogP) is 1.24. The third-order valence-corrected chi connectivity index (χ3v) is 0.721. The zero-order valence-electron chi connectivity index (χ0n) is 4.35. The Morgan fingerprint density at radius 3 is 2.57 bits per heavy atom. The van der Waals surface area contributed by atoms with Crippen LogP contribution in [-0.2, 0) is 0 Å². The van der Waals surface area contributed by atoms with E-state index in [1.54, 1.807) is 0 Å². The topological polar surface area (TPSA) is 26.0 Å². The number of thiocarbonyl (C=S) groups is 1. The van der Waals surface area contributed by atoms with Crippen LogP contribution in [0.1, 0.15) is 13.3 Å². The SMILES string of the molecule is C/C=C/CC(N)=S. The van der Waals surface area contributed by atoms with E-state index in [2.05, 4.69) is 12.2 Å². The van der Waals surface area contributed by atoms with Crippen LogP contribution in [0.2, 0.25) is 0 Å². The molecule has 0 aliphatic rings. The summed E-state index contributed by atoms with van der Waals surface area (Å²) in [5.74, 6) is 0. The summed E-state index contributed by atoms with van der Waals surface area (Å²) < 4.78 is 0. The van der Waals surface area contributed by atoms with Crippen molar-refractivity contribution in [1.82, 2.24) is 0 Å². The molecule has 0 aliphatic heterocycles. The third-order valence-electron chi connectivity index (χ3n) is 0.555. The van der Waals surface area contributed by atoms with Crippen molar-refractivity contribution in [3.8, 4) is 0 Å². The summed E-state index contributed by atoms with van der Waals surface area (Å²) in [7, 11) is 0. The van der Waals surface area contributed by atoms with Crippen LogP contribution in [0.5, 0.6) is 0 Å². The van der Waals surface area contributed by atoms with Gasteiger partial charge < -0.3 is 5.73 Å². The minimum atomic E-state index is 0.554. The molecule has 0 spiro atoms. The van der Waals surface area contributed by atoms with Crippen molar-refractivity contribution in [2.75, 3.05) is 0 Å². The Hall–Kier alpha value is -0.370. The fourth-order valence-electron chi connectivity index (χ4n) is 0.234. The highest BCUT2D eigenvalue weighted by atomic mass is 32.1. The molecule has 40 valence electrons. The maximum atomic E-state index is 5.16. The lowest BCUT2D eigenvalue weighted by Gasteiger charge is -1.83. The lowest BCUT2D eigenvalue weighted by molar-refractivity contribution is 1.45. The van der Waals surface area contributed by atoms with Gasteiger partial charge in [-0.05, 0) is 6.92 Å². The van der Waals surface area contributed by atoms with E-state index in [4.69, 9.17) is 5.73 Å². The Bertz CT molecular complexity index is 86.1. The summed E-state index contributed by atoms with van der Waals surface area (Å²) in [5, 5.41) is 0. The van der Waals surface area contributed by atoms with Crippen molar-refractivity contribution in [2.45, 2.75) is 13.3 Å². The van der Waals surface area contributed by atoms with E-state index in [0.29, 0.717) is 4.99 Å². The van der Waals surface area contributed by atoms with Crippen molar-refractivity contribution < 1.29 is 0 Å². The summed E-state index contributed by atoms with van der Waals surface area (Å²) in [5.41, 5.74) is 5.16. The van der Waals surface area contributed by atoms with Crippen molar-refractivity contribution in [1.29, 1.82) is 0 Å². The maximum absolute atomic E-state index is 5.16. The van der Waals surface area contributed by atoms with Gasteiger partial charge in [0.15, 0.2) is 0 Å². The number of hydrogen-bond acceptors (Lipinski definition) is 1. The van der Waals surface area contributed by atoms with Crippen LogP contribution in [0.15, 0.2) is 12.2 Å². The molecule has 0 bridgehead atoms. The second-order valence-electron chi connectivity index (χ2n) is 1.24. The zero-order chi connectivity index (χ0) is 5.70. The molecule has 0 unspecified atom stereocenters. The van der Waals surface area contributed by atoms with Gasteiger partial charge in [-0.1, -0.05) is 24.4 Å². The Morgan fingerprint density at radius 1 is 1.86 bits per heavy atom. The van der Waals surface area contributed by atoms with E-state index in [1.165, 1.54) is 0 Å². The van der Waals surface area contributed by atoms with Crippen molar-refractivity contribution in [3.05, 3.63) is 12.2 Å². The van der Waals surface area contributed by atoms with Gasteiger partial charge in [-0.2, -0.15) is 0 Å². The lowest BCUT2D eigenvalue weighted by Crippen LogP contribution is -2.04. The molecule has 1 nitrogen and oxygen atoms in total. The molecule has 0 atom stereocenters. The number of allylic oxidation sites excluding steroid dienone is 1. The average molecular weight is 115 g/mol. The summed E-state index contributed by atoms with van der Waals surface area (Å²) in [6.07, 6.45) is 4.59. The van der Waals surface area contributed by atoms with Gasteiger partial charge in [-0.15, -0.1) is 0 Å². The second-order valence-corrected chi connectivity index (χ2v) is 1.76. The third kappa shape index (κ3) is 5.63. The number of nitrogens with two attached hydrogens (primary N) is 1. The quantitative estimate of drug-likeness (QED) is 0.433. The molecule has 0 rings (SSSR count). The van der Waals surface area contributed by atoms with Crippen LogP contribution in [0.3, 0.4) is 0 Å². The summed E-state index contributed by atoms with van der Waals surface area (Å²) in [6.45, 7) is 1.94. The van der Waals surface area contributed by atoms with Gasteiger partial charge in [0.05, 0.1) is 4.99 Å². The van der Waals surface area contributed by atoms with Crippen LogP contribution in [0.4, 0.5) is 0 Å². The molecule has 0 aromatic carbocycles. The molecular formula is C5H9NS. The van der Waals surface area contributed by atoms with Crippen molar-refractivity contribution in [3.63, 3.8) is 0 Å². The normalized spacial score (nSPS) is 9.86. The molecular weight excluding hydrogens is 106 g/mol. The molecule has 0 aromatic heterocycles. The van der Waals surface area contributed by atoms with E-state index >= 15 is 0 Å². The fraction of sp³-hybridized carbons (Fsp3) is 0.400. The lowest BCUT2D eigenvalue weighted by atomic mass is 10.4. The highest BCUT2D eigenvalue weighted by molar-refractivity contribution is 7.80. The molecule has 0 amide bonds. The Labute approximate surface area is 49.2 Å². The summed E-state index contributed by atoms with van der Waals surface area (Å²) in [6, 6.07) is 0. The van der Waals surface area contributed by atoms with Crippen molar-refractivity contribution >= 4 is 17.2 Å². The Kier molecular flexibility index (Phi) is 3.61.